The largest absolute Gasteiger partial charge is 0.398 e. The van der Waals surface area contributed by atoms with E-state index in [1.807, 2.05) is 0 Å². The van der Waals surface area contributed by atoms with Crippen molar-refractivity contribution in [1.82, 2.24) is 4.98 Å². The third-order valence-corrected chi connectivity index (χ3v) is 2.61. The van der Waals surface area contributed by atoms with Crippen molar-refractivity contribution in [3.05, 3.63) is 24.0 Å². The van der Waals surface area contributed by atoms with Gasteiger partial charge in [0.25, 0.3) is 0 Å². The molecule has 0 radical (unpaired) electrons. The maximum absolute atomic E-state index is 6.06. The van der Waals surface area contributed by atoms with Gasteiger partial charge >= 0.3 is 0 Å². The molecule has 2 rings (SSSR count). The van der Waals surface area contributed by atoms with E-state index in [9.17, 15) is 0 Å². The molecule has 1 aromatic rings. The molecule has 2 heterocycles. The van der Waals surface area contributed by atoms with Crippen molar-refractivity contribution in [2.24, 2.45) is 5.73 Å². The first kappa shape index (κ1) is 9.43. The van der Waals surface area contributed by atoms with E-state index in [4.69, 9.17) is 16.2 Å². The van der Waals surface area contributed by atoms with Gasteiger partial charge in [0.05, 0.1) is 12.1 Å². The van der Waals surface area contributed by atoms with E-state index in [-0.39, 0.29) is 12.1 Å². The lowest BCUT2D eigenvalue weighted by molar-refractivity contribution is 0.0901. The average molecular weight is 193 g/mol. The van der Waals surface area contributed by atoms with Crippen LogP contribution in [0.2, 0.25) is 0 Å². The minimum absolute atomic E-state index is 0.0986. The Hall–Kier alpha value is -1.13. The van der Waals surface area contributed by atoms with Crippen LogP contribution in [0.15, 0.2) is 18.5 Å². The van der Waals surface area contributed by atoms with E-state index in [1.165, 1.54) is 0 Å². The highest BCUT2D eigenvalue weighted by atomic mass is 16.5. The molecule has 1 saturated heterocycles. The van der Waals surface area contributed by atoms with Crippen molar-refractivity contribution in [3.63, 3.8) is 0 Å². The van der Waals surface area contributed by atoms with Gasteiger partial charge in [0.1, 0.15) is 0 Å². The molecule has 4 heteroatoms. The van der Waals surface area contributed by atoms with Crippen LogP contribution in [0, 0.1) is 0 Å². The molecule has 0 spiro atoms. The fourth-order valence-corrected chi connectivity index (χ4v) is 1.78. The lowest BCUT2D eigenvalue weighted by Gasteiger charge is -2.19. The van der Waals surface area contributed by atoms with Crippen LogP contribution in [0.1, 0.15) is 24.4 Å². The van der Waals surface area contributed by atoms with E-state index in [0.29, 0.717) is 5.69 Å². The summed E-state index contributed by atoms with van der Waals surface area (Å²) in [4.78, 5) is 4.02. The molecule has 2 unspecified atom stereocenters. The zero-order valence-corrected chi connectivity index (χ0v) is 8.02. The molecular formula is C10H15N3O. The normalized spacial score (nSPS) is 23.6. The summed E-state index contributed by atoms with van der Waals surface area (Å²) in [5.41, 5.74) is 13.5. The maximum atomic E-state index is 6.06. The van der Waals surface area contributed by atoms with Crippen molar-refractivity contribution in [1.29, 1.82) is 0 Å². The Balaban J connectivity index is 2.17. The Morgan fingerprint density at radius 2 is 2.43 bits per heavy atom. The summed E-state index contributed by atoms with van der Waals surface area (Å²) < 4.78 is 5.52. The molecule has 0 amide bonds. The molecule has 0 bridgehead atoms. The first-order valence-electron chi connectivity index (χ1n) is 4.85. The summed E-state index contributed by atoms with van der Waals surface area (Å²) in [7, 11) is 0. The molecule has 4 nitrogen and oxygen atoms in total. The van der Waals surface area contributed by atoms with Crippen molar-refractivity contribution in [2.75, 3.05) is 12.3 Å². The molecule has 1 aromatic heterocycles. The standard InChI is InChI=1S/C10H15N3O/c11-8-3-4-13-6-7(8)10(12)9-2-1-5-14-9/h3-4,6,9-10H,1-2,5,12H2,(H2,11,13). The lowest BCUT2D eigenvalue weighted by atomic mass is 10.0. The van der Waals surface area contributed by atoms with Crippen LogP contribution in [-0.2, 0) is 4.74 Å². The molecule has 2 atom stereocenters. The van der Waals surface area contributed by atoms with Gasteiger partial charge in [-0.25, -0.2) is 0 Å². The predicted octanol–water partition coefficient (Wildman–Crippen LogP) is 0.843. The SMILES string of the molecule is Nc1ccncc1C(N)C1CCCO1. The first-order chi connectivity index (χ1) is 6.79. The zero-order chi connectivity index (χ0) is 9.97. The monoisotopic (exact) mass is 193 g/mol. The third-order valence-electron chi connectivity index (χ3n) is 2.61. The Labute approximate surface area is 83.3 Å². The number of rotatable bonds is 2. The van der Waals surface area contributed by atoms with Gasteiger partial charge in [-0.05, 0) is 18.9 Å². The van der Waals surface area contributed by atoms with Crippen molar-refractivity contribution < 1.29 is 4.74 Å². The minimum Gasteiger partial charge on any atom is -0.398 e. The summed E-state index contributed by atoms with van der Waals surface area (Å²) in [6.07, 6.45) is 5.58. The molecule has 0 aliphatic carbocycles. The summed E-state index contributed by atoms with van der Waals surface area (Å²) in [5.74, 6) is 0. The molecule has 4 N–H and O–H groups in total. The van der Waals surface area contributed by atoms with Crippen LogP contribution in [0.5, 0.6) is 0 Å². The molecule has 1 aliphatic rings. The Bertz CT molecular complexity index is 310. The highest BCUT2D eigenvalue weighted by Gasteiger charge is 2.25. The lowest BCUT2D eigenvalue weighted by Crippen LogP contribution is -2.26. The quantitative estimate of drug-likeness (QED) is 0.730. The first-order valence-corrected chi connectivity index (χ1v) is 4.85. The van der Waals surface area contributed by atoms with Crippen LogP contribution in [0.4, 0.5) is 5.69 Å². The van der Waals surface area contributed by atoms with Gasteiger partial charge < -0.3 is 16.2 Å². The maximum Gasteiger partial charge on any atom is 0.0769 e. The second kappa shape index (κ2) is 3.94. The molecule has 0 aromatic carbocycles. The van der Waals surface area contributed by atoms with Gasteiger partial charge in [0.15, 0.2) is 0 Å². The highest BCUT2D eigenvalue weighted by molar-refractivity contribution is 5.46. The Morgan fingerprint density at radius 1 is 1.57 bits per heavy atom. The number of ether oxygens (including phenoxy) is 1. The number of nitrogens with two attached hydrogens (primary N) is 2. The molecule has 1 fully saturated rings. The van der Waals surface area contributed by atoms with Gasteiger partial charge in [-0.2, -0.15) is 0 Å². The van der Waals surface area contributed by atoms with E-state index >= 15 is 0 Å². The topological polar surface area (TPSA) is 74.2 Å². The summed E-state index contributed by atoms with van der Waals surface area (Å²) in [5, 5.41) is 0. The number of pyridine rings is 1. The van der Waals surface area contributed by atoms with Crippen molar-refractivity contribution >= 4 is 5.69 Å². The third kappa shape index (κ3) is 1.71. The Morgan fingerprint density at radius 3 is 3.07 bits per heavy atom. The van der Waals surface area contributed by atoms with Gasteiger partial charge in [-0.3, -0.25) is 4.98 Å². The predicted molar refractivity (Wildman–Crippen MR) is 54.6 cm³/mol. The number of hydrogen-bond acceptors (Lipinski definition) is 4. The van der Waals surface area contributed by atoms with E-state index < -0.39 is 0 Å². The fourth-order valence-electron chi connectivity index (χ4n) is 1.78. The Kier molecular flexibility index (Phi) is 2.65. The molecule has 76 valence electrons. The van der Waals surface area contributed by atoms with Crippen LogP contribution < -0.4 is 11.5 Å². The van der Waals surface area contributed by atoms with E-state index in [0.717, 1.165) is 25.0 Å². The molecule has 1 aliphatic heterocycles. The van der Waals surface area contributed by atoms with Crippen LogP contribution in [-0.4, -0.2) is 17.7 Å². The fraction of sp³-hybridized carbons (Fsp3) is 0.500. The average Bonchev–Trinajstić information content (AvgIpc) is 2.70. The smallest absolute Gasteiger partial charge is 0.0769 e. The second-order valence-corrected chi connectivity index (χ2v) is 3.58. The number of nitrogens with zero attached hydrogens (tertiary/aromatic N) is 1. The van der Waals surface area contributed by atoms with E-state index in [2.05, 4.69) is 4.98 Å². The highest BCUT2D eigenvalue weighted by Crippen LogP contribution is 2.27. The minimum atomic E-state index is -0.147. The van der Waals surface area contributed by atoms with Gasteiger partial charge in [0, 0.05) is 30.3 Å². The summed E-state index contributed by atoms with van der Waals surface area (Å²) >= 11 is 0. The molecule has 0 saturated carbocycles. The van der Waals surface area contributed by atoms with Crippen molar-refractivity contribution in [2.45, 2.75) is 25.0 Å². The van der Waals surface area contributed by atoms with Gasteiger partial charge in [-0.1, -0.05) is 0 Å². The zero-order valence-electron chi connectivity index (χ0n) is 8.02. The van der Waals surface area contributed by atoms with Crippen LogP contribution >= 0.6 is 0 Å². The number of nitrogen functional groups attached to an aromatic ring is 1. The van der Waals surface area contributed by atoms with Crippen molar-refractivity contribution in [3.8, 4) is 0 Å². The van der Waals surface area contributed by atoms with E-state index in [1.54, 1.807) is 18.5 Å². The summed E-state index contributed by atoms with van der Waals surface area (Å²) in [6, 6.07) is 1.62. The van der Waals surface area contributed by atoms with Gasteiger partial charge in [-0.15, -0.1) is 0 Å². The second-order valence-electron chi connectivity index (χ2n) is 3.58. The summed E-state index contributed by atoms with van der Waals surface area (Å²) in [6.45, 7) is 0.804. The number of aromatic nitrogens is 1. The van der Waals surface area contributed by atoms with Crippen LogP contribution in [0.3, 0.4) is 0 Å². The molecular weight excluding hydrogens is 178 g/mol. The number of anilines is 1. The number of hydrogen-bond donors (Lipinski definition) is 2. The van der Waals surface area contributed by atoms with Crippen LogP contribution in [0.25, 0.3) is 0 Å². The molecule has 14 heavy (non-hydrogen) atoms. The van der Waals surface area contributed by atoms with Gasteiger partial charge in [0.2, 0.25) is 0 Å².